The SMILES string of the molecule is CCCCCCCCCCCC(=O)CCCCCCCCCCCCCC(=O)N[C@@H](CCC(=O)O)C(=O)O. The van der Waals surface area contributed by atoms with E-state index in [1.807, 2.05) is 0 Å². The number of hydrogen-bond acceptors (Lipinski definition) is 4. The van der Waals surface area contributed by atoms with E-state index in [1.165, 1.54) is 83.5 Å². The number of aliphatic carboxylic acids is 2. The Kier molecular flexibility index (Phi) is 25.3. The molecule has 7 nitrogen and oxygen atoms in total. The van der Waals surface area contributed by atoms with Gasteiger partial charge >= 0.3 is 11.9 Å². The Balaban J connectivity index is 3.41. The van der Waals surface area contributed by atoms with Gasteiger partial charge in [-0.2, -0.15) is 0 Å². The molecule has 0 fully saturated rings. The molecule has 0 saturated heterocycles. The highest BCUT2D eigenvalue weighted by Crippen LogP contribution is 2.14. The smallest absolute Gasteiger partial charge is 0.326 e. The van der Waals surface area contributed by atoms with Crippen molar-refractivity contribution in [3.8, 4) is 0 Å². The minimum absolute atomic E-state index is 0.103. The zero-order valence-corrected chi connectivity index (χ0v) is 24.3. The number of carboxylic acids is 2. The van der Waals surface area contributed by atoms with Crippen LogP contribution in [0.25, 0.3) is 0 Å². The van der Waals surface area contributed by atoms with E-state index in [0.29, 0.717) is 5.78 Å². The molecule has 0 radical (unpaired) electrons. The molecule has 0 aromatic rings. The second-order valence-corrected chi connectivity index (χ2v) is 10.9. The molecule has 0 rings (SSSR count). The van der Waals surface area contributed by atoms with Gasteiger partial charge in [0.15, 0.2) is 0 Å². The van der Waals surface area contributed by atoms with Gasteiger partial charge in [-0.05, 0) is 25.7 Å². The minimum Gasteiger partial charge on any atom is -0.481 e. The summed E-state index contributed by atoms with van der Waals surface area (Å²) in [6.45, 7) is 2.25. The Morgan fingerprint density at radius 2 is 0.895 bits per heavy atom. The maximum absolute atomic E-state index is 12.0. The number of carbonyl (C=O) groups is 4. The van der Waals surface area contributed by atoms with Crippen molar-refractivity contribution >= 4 is 23.6 Å². The van der Waals surface area contributed by atoms with Crippen molar-refractivity contribution < 1.29 is 29.4 Å². The third-order valence-electron chi connectivity index (χ3n) is 7.20. The standard InChI is InChI=1S/C31H57NO6/c1-2-3-4-5-6-10-13-16-19-22-27(33)23-20-17-14-11-8-7-9-12-15-18-21-24-29(34)32-28(31(37)38)25-26-30(35)36/h28H,2-26H2,1H3,(H,32,34)(H,35,36)(H,37,38)/t28-/m0/s1. The number of amides is 1. The Bertz CT molecular complexity index is 621. The third kappa shape index (κ3) is 25.7. The number of unbranched alkanes of at least 4 members (excludes halogenated alkanes) is 18. The lowest BCUT2D eigenvalue weighted by Crippen LogP contribution is -2.41. The maximum Gasteiger partial charge on any atom is 0.326 e. The highest BCUT2D eigenvalue weighted by molar-refractivity contribution is 5.83. The minimum atomic E-state index is -1.20. The maximum atomic E-state index is 12.0. The number of hydrogen-bond donors (Lipinski definition) is 3. The lowest BCUT2D eigenvalue weighted by atomic mass is 10.0. The molecule has 1 amide bonds. The molecule has 0 aliphatic carbocycles. The summed E-state index contributed by atoms with van der Waals surface area (Å²) < 4.78 is 0. The lowest BCUT2D eigenvalue weighted by molar-refractivity contribution is -0.143. The molecule has 0 aromatic heterocycles. The van der Waals surface area contributed by atoms with Crippen LogP contribution in [0.2, 0.25) is 0 Å². The average molecular weight is 540 g/mol. The largest absolute Gasteiger partial charge is 0.481 e. The number of rotatable bonds is 29. The molecule has 3 N–H and O–H groups in total. The number of ketones is 1. The monoisotopic (exact) mass is 539 g/mol. The van der Waals surface area contributed by atoms with E-state index < -0.39 is 18.0 Å². The van der Waals surface area contributed by atoms with Crippen LogP contribution >= 0.6 is 0 Å². The van der Waals surface area contributed by atoms with E-state index in [-0.39, 0.29) is 25.2 Å². The molecular formula is C31H57NO6. The second-order valence-electron chi connectivity index (χ2n) is 10.9. The molecule has 1 atom stereocenters. The first-order chi connectivity index (χ1) is 18.4. The van der Waals surface area contributed by atoms with Gasteiger partial charge in [-0.3, -0.25) is 14.4 Å². The first-order valence-corrected chi connectivity index (χ1v) is 15.6. The summed E-state index contributed by atoms with van der Waals surface area (Å²) in [5.74, 6) is -2.15. The quantitative estimate of drug-likeness (QED) is 0.0828. The van der Waals surface area contributed by atoms with Crippen molar-refractivity contribution in [2.24, 2.45) is 0 Å². The fourth-order valence-corrected chi connectivity index (χ4v) is 4.75. The fourth-order valence-electron chi connectivity index (χ4n) is 4.75. The van der Waals surface area contributed by atoms with Gasteiger partial charge in [-0.1, -0.05) is 116 Å². The molecule has 0 spiro atoms. The van der Waals surface area contributed by atoms with Crippen molar-refractivity contribution in [2.75, 3.05) is 0 Å². The van der Waals surface area contributed by atoms with Gasteiger partial charge in [0.05, 0.1) is 0 Å². The van der Waals surface area contributed by atoms with Crippen molar-refractivity contribution in [1.29, 1.82) is 0 Å². The van der Waals surface area contributed by atoms with Crippen LogP contribution in [0.15, 0.2) is 0 Å². The molecule has 222 valence electrons. The molecule has 0 bridgehead atoms. The van der Waals surface area contributed by atoms with Gasteiger partial charge in [0.25, 0.3) is 0 Å². The molecule has 0 aliphatic rings. The van der Waals surface area contributed by atoms with Crippen LogP contribution in [-0.4, -0.2) is 39.9 Å². The lowest BCUT2D eigenvalue weighted by Gasteiger charge is -2.13. The zero-order chi connectivity index (χ0) is 28.3. The summed E-state index contributed by atoms with van der Waals surface area (Å²) in [5, 5.41) is 20.2. The van der Waals surface area contributed by atoms with Gasteiger partial charge in [-0.25, -0.2) is 4.79 Å². The van der Waals surface area contributed by atoms with E-state index in [9.17, 15) is 19.2 Å². The van der Waals surface area contributed by atoms with E-state index in [0.717, 1.165) is 57.8 Å². The Morgan fingerprint density at radius 3 is 1.26 bits per heavy atom. The van der Waals surface area contributed by atoms with E-state index in [1.54, 1.807) is 0 Å². The van der Waals surface area contributed by atoms with Gasteiger partial charge in [0, 0.05) is 25.7 Å². The van der Waals surface area contributed by atoms with Crippen molar-refractivity contribution in [2.45, 2.75) is 173 Å². The van der Waals surface area contributed by atoms with Gasteiger partial charge in [-0.15, -0.1) is 0 Å². The predicted molar refractivity (Wildman–Crippen MR) is 153 cm³/mol. The third-order valence-corrected chi connectivity index (χ3v) is 7.20. The number of carbonyl (C=O) groups excluding carboxylic acids is 2. The molecule has 0 aromatic carbocycles. The summed E-state index contributed by atoms with van der Waals surface area (Å²) in [6.07, 6.45) is 25.2. The summed E-state index contributed by atoms with van der Waals surface area (Å²) in [5.41, 5.74) is 0. The Labute approximate surface area is 231 Å². The average Bonchev–Trinajstić information content (AvgIpc) is 2.87. The van der Waals surface area contributed by atoms with Crippen LogP contribution in [-0.2, 0) is 19.2 Å². The molecule has 0 aliphatic heterocycles. The fraction of sp³-hybridized carbons (Fsp3) is 0.871. The Hall–Kier alpha value is -1.92. The summed E-state index contributed by atoms with van der Waals surface area (Å²) in [4.78, 5) is 45.6. The summed E-state index contributed by atoms with van der Waals surface area (Å²) in [7, 11) is 0. The summed E-state index contributed by atoms with van der Waals surface area (Å²) >= 11 is 0. The zero-order valence-electron chi connectivity index (χ0n) is 24.3. The van der Waals surface area contributed by atoms with Crippen molar-refractivity contribution in [3.05, 3.63) is 0 Å². The van der Waals surface area contributed by atoms with Gasteiger partial charge < -0.3 is 15.5 Å². The van der Waals surface area contributed by atoms with Crippen LogP contribution in [0.4, 0.5) is 0 Å². The van der Waals surface area contributed by atoms with Gasteiger partial charge in [0.1, 0.15) is 11.8 Å². The predicted octanol–water partition coefficient (Wildman–Crippen LogP) is 7.98. The van der Waals surface area contributed by atoms with Crippen LogP contribution in [0, 0.1) is 0 Å². The van der Waals surface area contributed by atoms with Gasteiger partial charge in [0.2, 0.25) is 5.91 Å². The van der Waals surface area contributed by atoms with Crippen LogP contribution in [0.5, 0.6) is 0 Å². The van der Waals surface area contributed by atoms with Crippen LogP contribution < -0.4 is 5.32 Å². The molecule has 7 heteroatoms. The second kappa shape index (κ2) is 26.7. The topological polar surface area (TPSA) is 121 Å². The molecule has 0 saturated carbocycles. The number of Topliss-reactive ketones (excluding diaryl/α,β-unsaturated/α-hetero) is 1. The normalized spacial score (nSPS) is 11.8. The highest BCUT2D eigenvalue weighted by Gasteiger charge is 2.20. The van der Waals surface area contributed by atoms with Crippen LogP contribution in [0.1, 0.15) is 167 Å². The van der Waals surface area contributed by atoms with E-state index in [2.05, 4.69) is 12.2 Å². The van der Waals surface area contributed by atoms with E-state index >= 15 is 0 Å². The first kappa shape index (κ1) is 36.1. The molecule has 38 heavy (non-hydrogen) atoms. The molecule has 0 unspecified atom stereocenters. The molecule has 0 heterocycles. The Morgan fingerprint density at radius 1 is 0.526 bits per heavy atom. The summed E-state index contributed by atoms with van der Waals surface area (Å²) in [6, 6.07) is -1.14. The van der Waals surface area contributed by atoms with Crippen molar-refractivity contribution in [3.63, 3.8) is 0 Å². The number of nitrogens with one attached hydrogen (secondary N) is 1. The molecular weight excluding hydrogens is 482 g/mol. The first-order valence-electron chi connectivity index (χ1n) is 15.6. The van der Waals surface area contributed by atoms with Crippen LogP contribution in [0.3, 0.4) is 0 Å². The number of carboxylic acid groups (broad SMARTS) is 2. The van der Waals surface area contributed by atoms with E-state index in [4.69, 9.17) is 10.2 Å². The van der Waals surface area contributed by atoms with Crippen molar-refractivity contribution in [1.82, 2.24) is 5.32 Å². The highest BCUT2D eigenvalue weighted by atomic mass is 16.4.